The summed E-state index contributed by atoms with van der Waals surface area (Å²) in [7, 11) is 1.57. The monoisotopic (exact) mass is 384 g/mol. The summed E-state index contributed by atoms with van der Waals surface area (Å²) in [6.45, 7) is 1.88. The number of amides is 2. The van der Waals surface area contributed by atoms with Gasteiger partial charge >= 0.3 is 5.97 Å². The fourth-order valence-electron chi connectivity index (χ4n) is 2.73. The average Bonchev–Trinajstić information content (AvgIpc) is 2.70. The topological polar surface area (TPSA) is 120 Å². The largest absolute Gasteiger partial charge is 0.497 e. The molecule has 9 heteroatoms. The molecule has 28 heavy (non-hydrogen) atoms. The molecule has 0 saturated carbocycles. The van der Waals surface area contributed by atoms with Crippen LogP contribution in [0, 0.1) is 0 Å². The van der Waals surface area contributed by atoms with Gasteiger partial charge in [0.05, 0.1) is 13.7 Å². The van der Waals surface area contributed by atoms with Crippen molar-refractivity contribution in [2.24, 2.45) is 0 Å². The van der Waals surface area contributed by atoms with E-state index in [1.807, 2.05) is 0 Å². The van der Waals surface area contributed by atoms with Crippen LogP contribution in [0.3, 0.4) is 0 Å². The van der Waals surface area contributed by atoms with Crippen molar-refractivity contribution in [2.45, 2.75) is 25.8 Å². The first-order valence-electron chi connectivity index (χ1n) is 8.80. The SMILES string of the molecule is CCOC(=O)c1cnc(-c2ccc(OC)cc2)nc1NC1CCC(=O)NC1=O. The number of carbonyl (C=O) groups excluding carboxylic acids is 3. The van der Waals surface area contributed by atoms with Crippen LogP contribution in [0.2, 0.25) is 0 Å². The van der Waals surface area contributed by atoms with Crippen molar-refractivity contribution in [3.63, 3.8) is 0 Å². The first-order chi connectivity index (χ1) is 13.5. The standard InChI is InChI=1S/C19H20N4O5/c1-3-28-19(26)13-10-20-16(11-4-6-12(27-2)7-5-11)23-17(13)21-14-8-9-15(24)22-18(14)25/h4-7,10,14H,3,8-9H2,1-2H3,(H,20,21,23)(H,22,24,25). The van der Waals surface area contributed by atoms with Crippen LogP contribution >= 0.6 is 0 Å². The molecule has 1 fully saturated rings. The van der Waals surface area contributed by atoms with E-state index < -0.39 is 17.9 Å². The lowest BCUT2D eigenvalue weighted by Crippen LogP contribution is -2.47. The summed E-state index contributed by atoms with van der Waals surface area (Å²) in [6, 6.07) is 6.42. The van der Waals surface area contributed by atoms with Gasteiger partial charge in [-0.15, -0.1) is 0 Å². The lowest BCUT2D eigenvalue weighted by atomic mass is 10.1. The van der Waals surface area contributed by atoms with Crippen molar-refractivity contribution >= 4 is 23.6 Å². The molecule has 1 aromatic carbocycles. The van der Waals surface area contributed by atoms with Crippen molar-refractivity contribution in [3.05, 3.63) is 36.0 Å². The summed E-state index contributed by atoms with van der Waals surface area (Å²) in [5, 5.41) is 5.22. The number of anilines is 1. The van der Waals surface area contributed by atoms with Gasteiger partial charge in [0.2, 0.25) is 11.8 Å². The molecule has 0 bridgehead atoms. The molecule has 3 rings (SSSR count). The van der Waals surface area contributed by atoms with E-state index in [4.69, 9.17) is 9.47 Å². The van der Waals surface area contributed by atoms with Crippen LogP contribution in [0.25, 0.3) is 11.4 Å². The molecule has 1 saturated heterocycles. The second-order valence-corrected chi connectivity index (χ2v) is 6.05. The quantitative estimate of drug-likeness (QED) is 0.569. The number of hydrogen-bond donors (Lipinski definition) is 2. The lowest BCUT2D eigenvalue weighted by molar-refractivity contribution is -0.133. The Kier molecular flexibility index (Phi) is 5.83. The smallest absolute Gasteiger partial charge is 0.343 e. The number of benzene rings is 1. The first-order valence-corrected chi connectivity index (χ1v) is 8.80. The number of nitrogens with zero attached hydrogens (tertiary/aromatic N) is 2. The molecule has 1 aliphatic heterocycles. The van der Waals surface area contributed by atoms with Gasteiger partial charge in [-0.05, 0) is 37.6 Å². The van der Waals surface area contributed by atoms with Crippen molar-refractivity contribution in [2.75, 3.05) is 19.0 Å². The summed E-state index contributed by atoms with van der Waals surface area (Å²) in [4.78, 5) is 44.4. The maximum absolute atomic E-state index is 12.3. The molecule has 9 nitrogen and oxygen atoms in total. The molecule has 1 atom stereocenters. The number of hydrogen-bond acceptors (Lipinski definition) is 8. The van der Waals surface area contributed by atoms with Crippen LogP contribution in [0.15, 0.2) is 30.5 Å². The van der Waals surface area contributed by atoms with Gasteiger partial charge < -0.3 is 14.8 Å². The molecular formula is C19H20N4O5. The van der Waals surface area contributed by atoms with Crippen molar-refractivity contribution in [1.29, 1.82) is 0 Å². The molecule has 1 aliphatic rings. The summed E-state index contributed by atoms with van der Waals surface area (Å²) in [5.74, 6) is -0.155. The fourth-order valence-corrected chi connectivity index (χ4v) is 2.73. The minimum absolute atomic E-state index is 0.115. The van der Waals surface area contributed by atoms with E-state index in [0.29, 0.717) is 23.6 Å². The minimum Gasteiger partial charge on any atom is -0.497 e. The molecule has 146 valence electrons. The lowest BCUT2D eigenvalue weighted by Gasteiger charge is -2.23. The molecule has 1 aromatic heterocycles. The van der Waals surface area contributed by atoms with Crippen LogP contribution < -0.4 is 15.4 Å². The average molecular weight is 384 g/mol. The Labute approximate surface area is 161 Å². The first kappa shape index (κ1) is 19.3. The van der Waals surface area contributed by atoms with E-state index in [-0.39, 0.29) is 30.3 Å². The van der Waals surface area contributed by atoms with Crippen LogP contribution in [-0.2, 0) is 14.3 Å². The zero-order valence-electron chi connectivity index (χ0n) is 15.5. The number of rotatable bonds is 6. The molecule has 0 aliphatic carbocycles. The number of methoxy groups -OCH3 is 1. The Balaban J connectivity index is 1.94. The molecule has 1 unspecified atom stereocenters. The second kappa shape index (κ2) is 8.47. The highest BCUT2D eigenvalue weighted by Gasteiger charge is 2.28. The third-order valence-corrected chi connectivity index (χ3v) is 4.18. The van der Waals surface area contributed by atoms with Gasteiger partial charge in [-0.1, -0.05) is 0 Å². The van der Waals surface area contributed by atoms with Gasteiger partial charge in [0.25, 0.3) is 0 Å². The number of ether oxygens (including phenoxy) is 2. The highest BCUT2D eigenvalue weighted by molar-refractivity contribution is 6.02. The van der Waals surface area contributed by atoms with Gasteiger partial charge in [0, 0.05) is 18.2 Å². The number of esters is 1. The molecule has 0 spiro atoms. The third kappa shape index (κ3) is 4.25. The maximum atomic E-state index is 12.3. The summed E-state index contributed by atoms with van der Waals surface area (Å²) in [5.41, 5.74) is 0.825. The Bertz CT molecular complexity index is 898. The Morgan fingerprint density at radius 2 is 2.04 bits per heavy atom. The molecule has 2 N–H and O–H groups in total. The predicted molar refractivity (Wildman–Crippen MR) is 99.8 cm³/mol. The number of imide groups is 1. The third-order valence-electron chi connectivity index (χ3n) is 4.18. The zero-order chi connectivity index (χ0) is 20.1. The van der Waals surface area contributed by atoms with Crippen molar-refractivity contribution in [3.8, 4) is 17.1 Å². The van der Waals surface area contributed by atoms with Crippen molar-refractivity contribution < 1.29 is 23.9 Å². The Morgan fingerprint density at radius 3 is 2.68 bits per heavy atom. The number of carbonyl (C=O) groups is 3. The summed E-state index contributed by atoms with van der Waals surface area (Å²) in [6.07, 6.45) is 1.86. The van der Waals surface area contributed by atoms with E-state index in [2.05, 4.69) is 20.6 Å². The zero-order valence-corrected chi connectivity index (χ0v) is 15.5. The Hall–Kier alpha value is -3.49. The van der Waals surface area contributed by atoms with Gasteiger partial charge in [-0.2, -0.15) is 0 Å². The number of nitrogens with one attached hydrogen (secondary N) is 2. The van der Waals surface area contributed by atoms with Gasteiger partial charge in [-0.3, -0.25) is 14.9 Å². The van der Waals surface area contributed by atoms with E-state index in [0.717, 1.165) is 0 Å². The predicted octanol–water partition coefficient (Wildman–Crippen LogP) is 1.55. The van der Waals surface area contributed by atoms with E-state index in [1.165, 1.54) is 6.20 Å². The van der Waals surface area contributed by atoms with Crippen LogP contribution in [0.5, 0.6) is 5.75 Å². The molecule has 2 amide bonds. The summed E-state index contributed by atoms with van der Waals surface area (Å²) >= 11 is 0. The molecule has 0 radical (unpaired) electrons. The van der Waals surface area contributed by atoms with Crippen molar-refractivity contribution in [1.82, 2.24) is 15.3 Å². The summed E-state index contributed by atoms with van der Waals surface area (Å²) < 4.78 is 10.2. The molecular weight excluding hydrogens is 364 g/mol. The second-order valence-electron chi connectivity index (χ2n) is 6.05. The fraction of sp³-hybridized carbons (Fsp3) is 0.316. The van der Waals surface area contributed by atoms with E-state index >= 15 is 0 Å². The highest BCUT2D eigenvalue weighted by Crippen LogP contribution is 2.23. The van der Waals surface area contributed by atoms with E-state index in [9.17, 15) is 14.4 Å². The minimum atomic E-state index is -0.690. The maximum Gasteiger partial charge on any atom is 0.343 e. The van der Waals surface area contributed by atoms with Gasteiger partial charge in [0.15, 0.2) is 5.82 Å². The normalized spacial score (nSPS) is 16.3. The molecule has 2 aromatic rings. The highest BCUT2D eigenvalue weighted by atomic mass is 16.5. The van der Waals surface area contributed by atoms with Gasteiger partial charge in [-0.25, -0.2) is 14.8 Å². The number of piperidine rings is 1. The van der Waals surface area contributed by atoms with Crippen LogP contribution in [0.1, 0.15) is 30.1 Å². The van der Waals surface area contributed by atoms with Gasteiger partial charge in [0.1, 0.15) is 23.2 Å². The van der Waals surface area contributed by atoms with Crippen LogP contribution in [-0.4, -0.2) is 47.5 Å². The van der Waals surface area contributed by atoms with Crippen LogP contribution in [0.4, 0.5) is 5.82 Å². The number of aromatic nitrogens is 2. The van der Waals surface area contributed by atoms with E-state index in [1.54, 1.807) is 38.3 Å². The molecule has 2 heterocycles. The Morgan fingerprint density at radius 1 is 1.29 bits per heavy atom.